The van der Waals surface area contributed by atoms with E-state index in [-0.39, 0.29) is 0 Å². The summed E-state index contributed by atoms with van der Waals surface area (Å²) in [4.78, 5) is 2.73. The van der Waals surface area contributed by atoms with Crippen molar-refractivity contribution in [3.63, 3.8) is 0 Å². The van der Waals surface area contributed by atoms with Gasteiger partial charge in [0.1, 0.15) is 0 Å². The van der Waals surface area contributed by atoms with Gasteiger partial charge in [-0.25, -0.2) is 0 Å². The van der Waals surface area contributed by atoms with Crippen LogP contribution in [0.5, 0.6) is 0 Å². The largest absolute Gasteiger partial charge is 0.0985 e. The molecule has 0 amide bonds. The van der Waals surface area contributed by atoms with E-state index < -0.39 is 0 Å². The van der Waals surface area contributed by atoms with Crippen molar-refractivity contribution in [1.29, 1.82) is 0 Å². The maximum Gasteiger partial charge on any atom is 0.0410 e. The molecule has 3 nitrogen and oxygen atoms in total. The van der Waals surface area contributed by atoms with Crippen molar-refractivity contribution in [2.45, 2.75) is 6.92 Å². The number of hydrogen-bond acceptors (Lipinski definition) is 1. The van der Waals surface area contributed by atoms with Gasteiger partial charge in [-0.1, -0.05) is 36.0 Å². The molecule has 60 valence electrons. The second-order valence-corrected chi connectivity index (χ2v) is 2.38. The molecule has 0 aromatic heterocycles. The third kappa shape index (κ3) is 1.47. The Morgan fingerprint density at radius 2 is 2.33 bits per heavy atom. The predicted molar refractivity (Wildman–Crippen MR) is 50.1 cm³/mol. The Bertz CT molecular complexity index is 349. The molecular weight excluding hydrogens is 150 g/mol. The van der Waals surface area contributed by atoms with Crippen molar-refractivity contribution < 1.29 is 0 Å². The van der Waals surface area contributed by atoms with Gasteiger partial charge in [-0.05, 0) is 23.6 Å². The zero-order valence-electron chi connectivity index (χ0n) is 6.86. The molecule has 12 heavy (non-hydrogen) atoms. The minimum atomic E-state index is 0.662. The van der Waals surface area contributed by atoms with E-state index in [1.54, 1.807) is 12.1 Å². The first-order valence-corrected chi connectivity index (χ1v) is 3.56. The standard InChI is InChI=1S/C9H9N3/c1-3-8-5-4-6-9(7(8)2)11-12-10/h3-6H,1H2,2H3. The molecule has 0 saturated heterocycles. The van der Waals surface area contributed by atoms with Gasteiger partial charge in [0.05, 0.1) is 0 Å². The van der Waals surface area contributed by atoms with Crippen molar-refractivity contribution in [2.24, 2.45) is 5.11 Å². The number of nitrogens with zero attached hydrogens (tertiary/aromatic N) is 3. The molecule has 0 atom stereocenters. The van der Waals surface area contributed by atoms with Crippen molar-refractivity contribution in [3.05, 3.63) is 46.3 Å². The second-order valence-electron chi connectivity index (χ2n) is 2.38. The zero-order chi connectivity index (χ0) is 8.97. The van der Waals surface area contributed by atoms with Gasteiger partial charge in [0.15, 0.2) is 0 Å². The van der Waals surface area contributed by atoms with Gasteiger partial charge < -0.3 is 0 Å². The smallest absolute Gasteiger partial charge is 0.0410 e. The number of benzene rings is 1. The Labute approximate surface area is 71.0 Å². The lowest BCUT2D eigenvalue weighted by molar-refractivity contribution is 1.36. The van der Waals surface area contributed by atoms with Crippen LogP contribution in [-0.2, 0) is 0 Å². The van der Waals surface area contributed by atoms with Gasteiger partial charge in [0.25, 0.3) is 0 Å². The molecule has 3 heteroatoms. The normalized spacial score (nSPS) is 8.75. The lowest BCUT2D eigenvalue weighted by Crippen LogP contribution is -1.78. The quantitative estimate of drug-likeness (QED) is 0.360. The molecule has 1 aromatic carbocycles. The molecular formula is C9H9N3. The SMILES string of the molecule is C=Cc1cccc(N=[N+]=[N-])c1C. The van der Waals surface area contributed by atoms with E-state index in [1.165, 1.54) is 0 Å². The Kier molecular flexibility index (Phi) is 2.51. The van der Waals surface area contributed by atoms with Gasteiger partial charge in [-0.2, -0.15) is 0 Å². The fourth-order valence-corrected chi connectivity index (χ4v) is 1.02. The second kappa shape index (κ2) is 3.60. The average molecular weight is 159 g/mol. The third-order valence-corrected chi connectivity index (χ3v) is 1.72. The first-order valence-electron chi connectivity index (χ1n) is 3.56. The molecule has 0 heterocycles. The Morgan fingerprint density at radius 1 is 1.58 bits per heavy atom. The van der Waals surface area contributed by atoms with E-state index in [4.69, 9.17) is 5.53 Å². The first kappa shape index (κ1) is 8.37. The summed E-state index contributed by atoms with van der Waals surface area (Å²) >= 11 is 0. The first-order chi connectivity index (χ1) is 5.79. The van der Waals surface area contributed by atoms with Crippen molar-refractivity contribution in [1.82, 2.24) is 0 Å². The van der Waals surface area contributed by atoms with Crippen LogP contribution in [0.25, 0.3) is 16.5 Å². The molecule has 0 aliphatic heterocycles. The minimum absolute atomic E-state index is 0.662. The molecule has 0 saturated carbocycles. The minimum Gasteiger partial charge on any atom is -0.0985 e. The van der Waals surface area contributed by atoms with Crippen LogP contribution in [0.15, 0.2) is 29.9 Å². The summed E-state index contributed by atoms with van der Waals surface area (Å²) < 4.78 is 0. The van der Waals surface area contributed by atoms with Crippen LogP contribution >= 0.6 is 0 Å². The predicted octanol–water partition coefficient (Wildman–Crippen LogP) is 3.58. The van der Waals surface area contributed by atoms with E-state index >= 15 is 0 Å². The fraction of sp³-hybridized carbons (Fsp3) is 0.111. The Hall–Kier alpha value is -1.73. The van der Waals surface area contributed by atoms with Gasteiger partial charge >= 0.3 is 0 Å². The van der Waals surface area contributed by atoms with Crippen LogP contribution in [0.4, 0.5) is 5.69 Å². The highest BCUT2D eigenvalue weighted by Gasteiger charge is 1.97. The summed E-state index contributed by atoms with van der Waals surface area (Å²) in [6.07, 6.45) is 1.74. The van der Waals surface area contributed by atoms with Crippen molar-refractivity contribution in [2.75, 3.05) is 0 Å². The molecule has 1 rings (SSSR count). The van der Waals surface area contributed by atoms with Crippen LogP contribution in [0.3, 0.4) is 0 Å². The molecule has 0 spiro atoms. The third-order valence-electron chi connectivity index (χ3n) is 1.72. The number of azide groups is 1. The maximum absolute atomic E-state index is 8.24. The van der Waals surface area contributed by atoms with Crippen LogP contribution in [0, 0.1) is 6.92 Å². The maximum atomic E-state index is 8.24. The molecule has 0 N–H and O–H groups in total. The number of hydrogen-bond donors (Lipinski definition) is 0. The topological polar surface area (TPSA) is 48.8 Å². The fourth-order valence-electron chi connectivity index (χ4n) is 1.02. The molecule has 1 aromatic rings. The lowest BCUT2D eigenvalue weighted by Gasteiger charge is -2.01. The van der Waals surface area contributed by atoms with E-state index in [9.17, 15) is 0 Å². The lowest BCUT2D eigenvalue weighted by atomic mass is 10.1. The van der Waals surface area contributed by atoms with Gasteiger partial charge in [0.2, 0.25) is 0 Å². The summed E-state index contributed by atoms with van der Waals surface area (Å²) in [6, 6.07) is 5.55. The van der Waals surface area contributed by atoms with Crippen LogP contribution in [-0.4, -0.2) is 0 Å². The highest BCUT2D eigenvalue weighted by molar-refractivity contribution is 5.60. The zero-order valence-corrected chi connectivity index (χ0v) is 6.86. The average Bonchev–Trinajstić information content (AvgIpc) is 2.09. The van der Waals surface area contributed by atoms with E-state index in [2.05, 4.69) is 16.6 Å². The Balaban J connectivity index is 3.31. The Morgan fingerprint density at radius 3 is 2.92 bits per heavy atom. The molecule has 0 fully saturated rings. The van der Waals surface area contributed by atoms with Gasteiger partial charge in [-0.15, -0.1) is 0 Å². The summed E-state index contributed by atoms with van der Waals surface area (Å²) in [7, 11) is 0. The van der Waals surface area contributed by atoms with Crippen LogP contribution in [0.2, 0.25) is 0 Å². The van der Waals surface area contributed by atoms with E-state index in [1.807, 2.05) is 19.1 Å². The van der Waals surface area contributed by atoms with Crippen LogP contribution < -0.4 is 0 Å². The van der Waals surface area contributed by atoms with E-state index in [0.717, 1.165) is 11.1 Å². The van der Waals surface area contributed by atoms with Crippen molar-refractivity contribution >= 4 is 11.8 Å². The number of rotatable bonds is 2. The summed E-state index contributed by atoms with van der Waals surface area (Å²) in [6.45, 7) is 5.56. The molecule has 0 bridgehead atoms. The summed E-state index contributed by atoms with van der Waals surface area (Å²) in [5.74, 6) is 0. The highest BCUT2D eigenvalue weighted by Crippen LogP contribution is 2.22. The monoisotopic (exact) mass is 159 g/mol. The molecule has 0 radical (unpaired) electrons. The van der Waals surface area contributed by atoms with Gasteiger partial charge in [-0.3, -0.25) is 0 Å². The summed E-state index contributed by atoms with van der Waals surface area (Å²) in [5.41, 5.74) is 10.9. The van der Waals surface area contributed by atoms with Gasteiger partial charge in [0, 0.05) is 10.6 Å². The van der Waals surface area contributed by atoms with E-state index in [0.29, 0.717) is 5.69 Å². The highest BCUT2D eigenvalue weighted by atomic mass is 15.1. The molecule has 0 aliphatic carbocycles. The van der Waals surface area contributed by atoms with Crippen LogP contribution in [0.1, 0.15) is 11.1 Å². The summed E-state index contributed by atoms with van der Waals surface area (Å²) in [5, 5.41) is 3.55. The molecule has 0 aliphatic rings. The molecule has 0 unspecified atom stereocenters. The van der Waals surface area contributed by atoms with Crippen molar-refractivity contribution in [3.8, 4) is 0 Å².